The van der Waals surface area contributed by atoms with Gasteiger partial charge in [-0.3, -0.25) is 0 Å². The standard InChI is InChI=1S/C5H4F6O4S/c1-2(3(12)15-4(6,7)8)16(13,14)5(9,10)11/h12H,1H3. The summed E-state index contributed by atoms with van der Waals surface area (Å²) in [5, 5.41) is 8.41. The largest absolute Gasteiger partial charge is 0.575 e. The number of sulfone groups is 1. The molecule has 0 saturated carbocycles. The lowest BCUT2D eigenvalue weighted by Crippen LogP contribution is -2.26. The van der Waals surface area contributed by atoms with Gasteiger partial charge in [-0.05, 0) is 6.92 Å². The van der Waals surface area contributed by atoms with E-state index in [9.17, 15) is 34.8 Å². The molecule has 0 spiro atoms. The maximum absolute atomic E-state index is 11.8. The smallest absolute Gasteiger partial charge is 0.480 e. The molecule has 0 aromatic rings. The number of ether oxygens (including phenoxy) is 1. The average Bonchev–Trinajstić information content (AvgIpc) is 1.97. The van der Waals surface area contributed by atoms with Crippen LogP contribution in [0.2, 0.25) is 0 Å². The average molecular weight is 274 g/mol. The van der Waals surface area contributed by atoms with Gasteiger partial charge in [-0.15, -0.1) is 13.2 Å². The third-order valence-corrected chi connectivity index (χ3v) is 2.81. The fourth-order valence-electron chi connectivity index (χ4n) is 0.470. The molecular formula is C5H4F6O4S. The molecule has 0 aliphatic carbocycles. The maximum Gasteiger partial charge on any atom is 0.575 e. The van der Waals surface area contributed by atoms with Gasteiger partial charge in [-0.2, -0.15) is 13.2 Å². The van der Waals surface area contributed by atoms with Crippen LogP contribution in [0, 0.1) is 0 Å². The summed E-state index contributed by atoms with van der Waals surface area (Å²) in [5.74, 6) is -2.37. The molecule has 0 fully saturated rings. The van der Waals surface area contributed by atoms with Crippen molar-refractivity contribution in [1.29, 1.82) is 0 Å². The monoisotopic (exact) mass is 274 g/mol. The fraction of sp³-hybridized carbons (Fsp3) is 0.600. The summed E-state index contributed by atoms with van der Waals surface area (Å²) in [7, 11) is -6.04. The highest BCUT2D eigenvalue weighted by atomic mass is 32.2. The summed E-state index contributed by atoms with van der Waals surface area (Å²) in [4.78, 5) is -1.97. The quantitative estimate of drug-likeness (QED) is 0.619. The molecule has 0 aromatic heterocycles. The molecule has 0 heterocycles. The summed E-state index contributed by atoms with van der Waals surface area (Å²) < 4.78 is 93.4. The summed E-state index contributed by atoms with van der Waals surface area (Å²) in [6, 6.07) is 0. The van der Waals surface area contributed by atoms with Gasteiger partial charge in [0.25, 0.3) is 15.8 Å². The highest BCUT2D eigenvalue weighted by Gasteiger charge is 2.49. The number of hydrogen-bond donors (Lipinski definition) is 1. The second kappa shape index (κ2) is 4.03. The highest BCUT2D eigenvalue weighted by Crippen LogP contribution is 2.32. The van der Waals surface area contributed by atoms with Crippen molar-refractivity contribution in [1.82, 2.24) is 0 Å². The van der Waals surface area contributed by atoms with Crippen LogP contribution in [0.15, 0.2) is 10.9 Å². The van der Waals surface area contributed by atoms with Gasteiger partial charge in [0.2, 0.25) is 0 Å². The normalized spacial score (nSPS) is 15.7. The Bertz CT molecular complexity index is 388. The first-order valence-corrected chi connectivity index (χ1v) is 4.74. The molecule has 0 aliphatic heterocycles. The number of aliphatic hydroxyl groups excluding tert-OH is 1. The van der Waals surface area contributed by atoms with E-state index in [0.717, 1.165) is 0 Å². The molecule has 11 heteroatoms. The van der Waals surface area contributed by atoms with E-state index in [-0.39, 0.29) is 6.92 Å². The summed E-state index contributed by atoms with van der Waals surface area (Å²) in [6.07, 6.45) is -5.49. The lowest BCUT2D eigenvalue weighted by atomic mass is 10.7. The predicted octanol–water partition coefficient (Wildman–Crippen LogP) is 2.20. The third kappa shape index (κ3) is 3.47. The molecular weight excluding hydrogens is 270 g/mol. The SMILES string of the molecule is CC(=C(O)OC(F)(F)F)S(=O)(=O)C(F)(F)F. The first-order chi connectivity index (χ1) is 6.79. The Morgan fingerprint density at radius 3 is 1.75 bits per heavy atom. The second-order valence-corrected chi connectivity index (χ2v) is 4.44. The second-order valence-electron chi connectivity index (χ2n) is 2.36. The van der Waals surface area contributed by atoms with E-state index in [2.05, 4.69) is 4.74 Å². The Morgan fingerprint density at radius 2 is 1.50 bits per heavy atom. The Labute approximate surface area is 85.0 Å². The van der Waals surface area contributed by atoms with Gasteiger partial charge in [0, 0.05) is 0 Å². The Morgan fingerprint density at radius 1 is 1.12 bits per heavy atom. The molecule has 0 atom stereocenters. The van der Waals surface area contributed by atoms with Gasteiger partial charge < -0.3 is 9.84 Å². The Balaban J connectivity index is 5.36. The number of hydrogen-bond acceptors (Lipinski definition) is 4. The van der Waals surface area contributed by atoms with Crippen molar-refractivity contribution in [3.63, 3.8) is 0 Å². The van der Waals surface area contributed by atoms with Crippen molar-refractivity contribution in [3.05, 3.63) is 10.9 Å². The van der Waals surface area contributed by atoms with E-state index in [0.29, 0.717) is 0 Å². The first kappa shape index (κ1) is 14.9. The Hall–Kier alpha value is -1.13. The molecule has 0 radical (unpaired) electrons. The Kier molecular flexibility index (Phi) is 3.75. The van der Waals surface area contributed by atoms with E-state index in [1.54, 1.807) is 0 Å². The first-order valence-electron chi connectivity index (χ1n) is 3.26. The van der Waals surface area contributed by atoms with Gasteiger partial charge in [0.15, 0.2) is 0 Å². The van der Waals surface area contributed by atoms with Crippen molar-refractivity contribution < 1.29 is 44.6 Å². The molecule has 0 amide bonds. The minimum atomic E-state index is -6.04. The number of rotatable bonds is 2. The molecule has 96 valence electrons. The van der Waals surface area contributed by atoms with Crippen molar-refractivity contribution in [2.24, 2.45) is 0 Å². The predicted molar refractivity (Wildman–Crippen MR) is 37.4 cm³/mol. The third-order valence-electron chi connectivity index (χ3n) is 1.22. The lowest BCUT2D eigenvalue weighted by molar-refractivity contribution is -0.319. The zero-order valence-electron chi connectivity index (χ0n) is 7.35. The van der Waals surface area contributed by atoms with Crippen LogP contribution in [0.5, 0.6) is 0 Å². The number of aliphatic hydroxyl groups is 1. The minimum Gasteiger partial charge on any atom is -0.480 e. The zero-order chi connectivity index (χ0) is 13.4. The maximum atomic E-state index is 11.8. The van der Waals surface area contributed by atoms with Crippen LogP contribution in [0.3, 0.4) is 0 Å². The van der Waals surface area contributed by atoms with Crippen LogP contribution in [0.1, 0.15) is 6.92 Å². The summed E-state index contributed by atoms with van der Waals surface area (Å²) in [6.45, 7) is 0.129. The molecule has 0 aliphatic rings. The molecule has 0 saturated heterocycles. The van der Waals surface area contributed by atoms with E-state index in [4.69, 9.17) is 5.11 Å². The van der Waals surface area contributed by atoms with Crippen LogP contribution in [0.25, 0.3) is 0 Å². The van der Waals surface area contributed by atoms with Gasteiger partial charge in [0.1, 0.15) is 4.91 Å². The fourth-order valence-corrected chi connectivity index (χ4v) is 1.09. The van der Waals surface area contributed by atoms with Crippen molar-refractivity contribution in [2.75, 3.05) is 0 Å². The van der Waals surface area contributed by atoms with Gasteiger partial charge in [-0.25, -0.2) is 8.42 Å². The molecule has 0 rings (SSSR count). The molecule has 0 aromatic carbocycles. The van der Waals surface area contributed by atoms with E-state index >= 15 is 0 Å². The summed E-state index contributed by atoms with van der Waals surface area (Å²) >= 11 is 0. The highest BCUT2D eigenvalue weighted by molar-refractivity contribution is 7.96. The van der Waals surface area contributed by atoms with Gasteiger partial charge in [-0.1, -0.05) is 0 Å². The van der Waals surface area contributed by atoms with Crippen molar-refractivity contribution >= 4 is 9.84 Å². The number of alkyl halides is 6. The number of halogens is 6. The minimum absolute atomic E-state index is 0.129. The molecule has 0 bridgehead atoms. The topological polar surface area (TPSA) is 63.6 Å². The molecule has 16 heavy (non-hydrogen) atoms. The van der Waals surface area contributed by atoms with Gasteiger partial charge >= 0.3 is 11.9 Å². The zero-order valence-corrected chi connectivity index (χ0v) is 8.16. The van der Waals surface area contributed by atoms with E-state index in [1.807, 2.05) is 0 Å². The number of allylic oxidation sites excluding steroid dienone is 1. The van der Waals surface area contributed by atoms with Crippen molar-refractivity contribution in [2.45, 2.75) is 18.8 Å². The van der Waals surface area contributed by atoms with Crippen molar-refractivity contribution in [3.8, 4) is 0 Å². The van der Waals surface area contributed by atoms with E-state index < -0.39 is 32.6 Å². The van der Waals surface area contributed by atoms with E-state index in [1.165, 1.54) is 0 Å². The van der Waals surface area contributed by atoms with Crippen LogP contribution < -0.4 is 0 Å². The molecule has 1 N–H and O–H groups in total. The van der Waals surface area contributed by atoms with Crippen LogP contribution in [-0.4, -0.2) is 25.4 Å². The van der Waals surface area contributed by atoms with Gasteiger partial charge in [0.05, 0.1) is 0 Å². The van der Waals surface area contributed by atoms with Crippen LogP contribution in [-0.2, 0) is 14.6 Å². The van der Waals surface area contributed by atoms with Crippen LogP contribution >= 0.6 is 0 Å². The van der Waals surface area contributed by atoms with Crippen LogP contribution in [0.4, 0.5) is 26.3 Å². The molecule has 0 unspecified atom stereocenters. The summed E-state index contributed by atoms with van der Waals surface area (Å²) in [5.41, 5.74) is -5.82. The lowest BCUT2D eigenvalue weighted by Gasteiger charge is -2.12. The molecule has 4 nitrogen and oxygen atoms in total.